The summed E-state index contributed by atoms with van der Waals surface area (Å²) in [5.74, 6) is -1.01. The zero-order valence-electron chi connectivity index (χ0n) is 13.7. The molecule has 0 saturated carbocycles. The maximum Gasteiger partial charge on any atom is 0.254 e. The molecule has 2 amide bonds. The smallest absolute Gasteiger partial charge is 0.254 e. The number of halogens is 2. The fourth-order valence-electron chi connectivity index (χ4n) is 2.95. The quantitative estimate of drug-likeness (QED) is 0.853. The summed E-state index contributed by atoms with van der Waals surface area (Å²) in [6.07, 6.45) is 0.456. The summed E-state index contributed by atoms with van der Waals surface area (Å²) < 4.78 is 13.9. The van der Waals surface area contributed by atoms with E-state index in [0.717, 1.165) is 0 Å². The van der Waals surface area contributed by atoms with Gasteiger partial charge in [-0.25, -0.2) is 4.39 Å². The lowest BCUT2D eigenvalue weighted by molar-refractivity contribution is -0.120. The van der Waals surface area contributed by atoms with Gasteiger partial charge in [0.25, 0.3) is 5.91 Å². The summed E-state index contributed by atoms with van der Waals surface area (Å²) >= 11 is 0. The minimum atomic E-state index is -0.612. The molecule has 1 aliphatic rings. The summed E-state index contributed by atoms with van der Waals surface area (Å²) in [5.41, 5.74) is 6.86. The van der Waals surface area contributed by atoms with Crippen LogP contribution in [-0.2, 0) is 4.79 Å². The van der Waals surface area contributed by atoms with Crippen LogP contribution in [0.2, 0.25) is 0 Å². The molecule has 5 nitrogen and oxygen atoms in total. The van der Waals surface area contributed by atoms with Crippen molar-refractivity contribution < 1.29 is 14.0 Å². The van der Waals surface area contributed by atoms with Gasteiger partial charge in [-0.2, -0.15) is 0 Å². The summed E-state index contributed by atoms with van der Waals surface area (Å²) in [7, 11) is 1.58. The van der Waals surface area contributed by atoms with Crippen LogP contribution < -0.4 is 10.6 Å². The highest BCUT2D eigenvalue weighted by Gasteiger charge is 2.38. The number of nitrogens with two attached hydrogens (primary N) is 1. The van der Waals surface area contributed by atoms with Gasteiger partial charge in [0.1, 0.15) is 11.9 Å². The van der Waals surface area contributed by atoms with E-state index in [1.165, 1.54) is 15.9 Å². The van der Waals surface area contributed by atoms with Crippen LogP contribution in [-0.4, -0.2) is 36.3 Å². The zero-order chi connectivity index (χ0) is 17.3. The first kappa shape index (κ1) is 18.7. The average molecular weight is 364 g/mol. The maximum atomic E-state index is 13.9. The zero-order valence-corrected chi connectivity index (χ0v) is 14.5. The number of nitrogens with zero attached hydrogens (tertiary/aromatic N) is 2. The monoisotopic (exact) mass is 363 g/mol. The summed E-state index contributed by atoms with van der Waals surface area (Å²) in [5, 5.41) is 0. The van der Waals surface area contributed by atoms with Crippen LogP contribution in [0.3, 0.4) is 0 Å². The van der Waals surface area contributed by atoms with Crippen molar-refractivity contribution in [1.29, 1.82) is 0 Å². The molecule has 0 bridgehead atoms. The highest BCUT2D eigenvalue weighted by atomic mass is 35.5. The molecule has 7 heteroatoms. The van der Waals surface area contributed by atoms with Gasteiger partial charge >= 0.3 is 0 Å². The van der Waals surface area contributed by atoms with Gasteiger partial charge < -0.3 is 15.5 Å². The molecule has 1 unspecified atom stereocenters. The van der Waals surface area contributed by atoms with Crippen LogP contribution >= 0.6 is 12.4 Å². The van der Waals surface area contributed by atoms with E-state index in [2.05, 4.69) is 0 Å². The number of benzene rings is 2. The van der Waals surface area contributed by atoms with Crippen LogP contribution in [0.4, 0.5) is 15.8 Å². The SMILES string of the molecule is CN(C(=O)c1cccc(N)c1)C1CCN(c2ccccc2F)C1=O.Cl. The number of carbonyl (C=O) groups excluding carboxylic acids is 2. The van der Waals surface area contributed by atoms with E-state index < -0.39 is 11.9 Å². The summed E-state index contributed by atoms with van der Waals surface area (Å²) in [6.45, 7) is 0.374. The fraction of sp³-hybridized carbons (Fsp3) is 0.222. The Morgan fingerprint density at radius 3 is 2.64 bits per heavy atom. The molecular formula is C18H19ClFN3O2. The lowest BCUT2D eigenvalue weighted by atomic mass is 10.1. The number of likely N-dealkylation sites (N-methyl/N-ethyl adjacent to an activating group) is 1. The van der Waals surface area contributed by atoms with Crippen molar-refractivity contribution in [2.45, 2.75) is 12.5 Å². The number of hydrogen-bond donors (Lipinski definition) is 1. The molecule has 0 spiro atoms. The minimum Gasteiger partial charge on any atom is -0.399 e. The Morgan fingerprint density at radius 1 is 1.24 bits per heavy atom. The van der Waals surface area contributed by atoms with E-state index in [9.17, 15) is 14.0 Å². The first-order valence-electron chi connectivity index (χ1n) is 7.67. The molecule has 132 valence electrons. The van der Waals surface area contributed by atoms with Crippen LogP contribution in [0.5, 0.6) is 0 Å². The predicted octanol–water partition coefficient (Wildman–Crippen LogP) is 2.71. The van der Waals surface area contributed by atoms with Gasteiger partial charge in [0, 0.05) is 24.8 Å². The van der Waals surface area contributed by atoms with Crippen molar-refractivity contribution in [3.8, 4) is 0 Å². The summed E-state index contributed by atoms with van der Waals surface area (Å²) in [4.78, 5) is 28.0. The normalized spacial score (nSPS) is 16.5. The molecule has 1 saturated heterocycles. The second kappa shape index (κ2) is 7.53. The topological polar surface area (TPSA) is 66.6 Å². The lowest BCUT2D eigenvalue weighted by Crippen LogP contribution is -2.43. The number of para-hydroxylation sites is 1. The van der Waals surface area contributed by atoms with Crippen LogP contribution in [0.25, 0.3) is 0 Å². The van der Waals surface area contributed by atoms with Gasteiger partial charge in [-0.05, 0) is 36.8 Å². The van der Waals surface area contributed by atoms with Crippen LogP contribution in [0, 0.1) is 5.82 Å². The molecule has 1 fully saturated rings. The van der Waals surface area contributed by atoms with Crippen molar-refractivity contribution >= 4 is 35.6 Å². The van der Waals surface area contributed by atoms with E-state index in [1.807, 2.05) is 0 Å². The van der Waals surface area contributed by atoms with Crippen LogP contribution in [0.1, 0.15) is 16.8 Å². The number of nitrogen functional groups attached to an aromatic ring is 1. The second-order valence-corrected chi connectivity index (χ2v) is 5.79. The Balaban J connectivity index is 0.00000225. The highest BCUT2D eigenvalue weighted by Crippen LogP contribution is 2.27. The van der Waals surface area contributed by atoms with Crippen LogP contribution in [0.15, 0.2) is 48.5 Å². The van der Waals surface area contributed by atoms with Gasteiger partial charge in [-0.1, -0.05) is 18.2 Å². The first-order valence-corrected chi connectivity index (χ1v) is 7.67. The van der Waals surface area contributed by atoms with Gasteiger partial charge in [0.2, 0.25) is 5.91 Å². The Labute approximate surface area is 151 Å². The number of hydrogen-bond acceptors (Lipinski definition) is 3. The molecule has 1 atom stereocenters. The fourth-order valence-corrected chi connectivity index (χ4v) is 2.95. The van der Waals surface area contributed by atoms with E-state index in [4.69, 9.17) is 5.73 Å². The largest absolute Gasteiger partial charge is 0.399 e. The number of anilines is 2. The third-order valence-electron chi connectivity index (χ3n) is 4.24. The molecular weight excluding hydrogens is 345 g/mol. The van der Waals surface area contributed by atoms with Crippen molar-refractivity contribution in [1.82, 2.24) is 4.90 Å². The molecule has 2 N–H and O–H groups in total. The Morgan fingerprint density at radius 2 is 1.96 bits per heavy atom. The van der Waals surface area contributed by atoms with E-state index in [1.54, 1.807) is 49.5 Å². The van der Waals surface area contributed by atoms with Gasteiger partial charge in [-0.3, -0.25) is 9.59 Å². The molecule has 2 aromatic carbocycles. The molecule has 0 radical (unpaired) electrons. The average Bonchev–Trinajstić information content (AvgIpc) is 2.95. The minimum absolute atomic E-state index is 0. The highest BCUT2D eigenvalue weighted by molar-refractivity contribution is 6.04. The van der Waals surface area contributed by atoms with Gasteiger partial charge in [0.05, 0.1) is 5.69 Å². The molecule has 3 rings (SSSR count). The summed E-state index contributed by atoms with van der Waals surface area (Å²) in [6, 6.07) is 12.1. The molecule has 1 heterocycles. The third kappa shape index (κ3) is 3.58. The van der Waals surface area contributed by atoms with Gasteiger partial charge in [-0.15, -0.1) is 12.4 Å². The number of carbonyl (C=O) groups is 2. The van der Waals surface area contributed by atoms with Crippen molar-refractivity contribution in [3.05, 3.63) is 59.9 Å². The standard InChI is InChI=1S/C18H18FN3O2.ClH/c1-21(17(23)12-5-4-6-13(20)11-12)16-9-10-22(18(16)24)15-8-3-2-7-14(15)19;/h2-8,11,16H,9-10,20H2,1H3;1H. The Kier molecular flexibility index (Phi) is 5.64. The third-order valence-corrected chi connectivity index (χ3v) is 4.24. The van der Waals surface area contributed by atoms with E-state index in [0.29, 0.717) is 24.2 Å². The lowest BCUT2D eigenvalue weighted by Gasteiger charge is -2.24. The Hall–Kier alpha value is -2.60. The Bertz CT molecular complexity index is 799. The maximum absolute atomic E-state index is 13.9. The van der Waals surface area contributed by atoms with Crippen molar-refractivity contribution in [3.63, 3.8) is 0 Å². The molecule has 0 aliphatic carbocycles. The number of rotatable bonds is 3. The molecule has 0 aromatic heterocycles. The van der Waals surface area contributed by atoms with Crippen molar-refractivity contribution in [2.75, 3.05) is 24.2 Å². The van der Waals surface area contributed by atoms with E-state index in [-0.39, 0.29) is 29.9 Å². The predicted molar refractivity (Wildman–Crippen MR) is 97.4 cm³/mol. The molecule has 25 heavy (non-hydrogen) atoms. The number of amides is 2. The van der Waals surface area contributed by atoms with Gasteiger partial charge in [0.15, 0.2) is 0 Å². The second-order valence-electron chi connectivity index (χ2n) is 5.79. The molecule has 1 aliphatic heterocycles. The van der Waals surface area contributed by atoms with E-state index >= 15 is 0 Å². The first-order chi connectivity index (χ1) is 11.5. The molecule has 2 aromatic rings. The van der Waals surface area contributed by atoms with Crippen molar-refractivity contribution in [2.24, 2.45) is 0 Å².